The molecule has 3 rings (SSSR count). The number of benzene rings is 3. The number of para-hydroxylation sites is 2. The number of carbonyl (C=O) groups is 2. The fourth-order valence-electron chi connectivity index (χ4n) is 2.69. The highest BCUT2D eigenvalue weighted by Gasteiger charge is 2.16. The van der Waals surface area contributed by atoms with Gasteiger partial charge in [0, 0.05) is 11.3 Å². The van der Waals surface area contributed by atoms with Crippen LogP contribution in [0.1, 0.15) is 34.6 Å². The van der Waals surface area contributed by atoms with Crippen molar-refractivity contribution in [1.29, 1.82) is 0 Å². The van der Waals surface area contributed by atoms with Gasteiger partial charge in [-0.15, -0.1) is 0 Å². The number of anilines is 2. The highest BCUT2D eigenvalue weighted by Crippen LogP contribution is 2.26. The number of rotatable bonds is 6. The van der Waals surface area contributed by atoms with Crippen molar-refractivity contribution in [3.05, 3.63) is 88.9 Å². The monoisotopic (exact) mass is 408 g/mol. The van der Waals surface area contributed by atoms with Gasteiger partial charge in [0.25, 0.3) is 11.8 Å². The van der Waals surface area contributed by atoms with E-state index in [0.717, 1.165) is 0 Å². The predicted molar refractivity (Wildman–Crippen MR) is 116 cm³/mol. The summed E-state index contributed by atoms with van der Waals surface area (Å²) in [5.41, 5.74) is 1.78. The van der Waals surface area contributed by atoms with Crippen LogP contribution in [0.25, 0.3) is 0 Å². The maximum Gasteiger partial charge on any atom is 0.259 e. The van der Waals surface area contributed by atoms with Crippen LogP contribution < -0.4 is 15.4 Å². The summed E-state index contributed by atoms with van der Waals surface area (Å²) in [5.74, 6) is -0.190. The molecule has 0 heterocycles. The number of amides is 2. The lowest BCUT2D eigenvalue weighted by Gasteiger charge is -2.15. The Labute approximate surface area is 174 Å². The average molecular weight is 409 g/mol. The second kappa shape index (κ2) is 9.26. The zero-order valence-electron chi connectivity index (χ0n) is 16.1. The molecule has 29 heavy (non-hydrogen) atoms. The van der Waals surface area contributed by atoms with E-state index in [1.54, 1.807) is 54.6 Å². The Hall–Kier alpha value is -3.31. The number of hydrogen-bond donors (Lipinski definition) is 2. The Morgan fingerprint density at radius 1 is 0.862 bits per heavy atom. The van der Waals surface area contributed by atoms with Crippen molar-refractivity contribution >= 4 is 34.8 Å². The second-order valence-electron chi connectivity index (χ2n) is 6.63. The van der Waals surface area contributed by atoms with Crippen LogP contribution in [0.2, 0.25) is 5.02 Å². The summed E-state index contributed by atoms with van der Waals surface area (Å²) >= 11 is 6.24. The highest BCUT2D eigenvalue weighted by molar-refractivity contribution is 6.34. The van der Waals surface area contributed by atoms with Crippen LogP contribution in [0.3, 0.4) is 0 Å². The summed E-state index contributed by atoms with van der Waals surface area (Å²) in [6.07, 6.45) is -0.0717. The van der Waals surface area contributed by atoms with Crippen LogP contribution in [0.5, 0.6) is 5.75 Å². The summed E-state index contributed by atoms with van der Waals surface area (Å²) in [4.78, 5) is 25.3. The van der Waals surface area contributed by atoms with Crippen molar-refractivity contribution in [1.82, 2.24) is 0 Å². The molecule has 0 unspecified atom stereocenters. The molecule has 0 radical (unpaired) electrons. The fraction of sp³-hybridized carbons (Fsp3) is 0.130. The topological polar surface area (TPSA) is 67.4 Å². The van der Waals surface area contributed by atoms with E-state index in [1.165, 1.54) is 0 Å². The van der Waals surface area contributed by atoms with E-state index in [1.807, 2.05) is 32.0 Å². The van der Waals surface area contributed by atoms with Gasteiger partial charge in [-0.1, -0.05) is 41.9 Å². The summed E-state index contributed by atoms with van der Waals surface area (Å²) in [6.45, 7) is 3.78. The summed E-state index contributed by atoms with van der Waals surface area (Å²) in [6, 6.07) is 20.8. The molecule has 0 bridgehead atoms. The van der Waals surface area contributed by atoms with E-state index < -0.39 is 0 Å². The van der Waals surface area contributed by atoms with Gasteiger partial charge >= 0.3 is 0 Å². The molecule has 0 aliphatic heterocycles. The molecule has 0 fully saturated rings. The van der Waals surface area contributed by atoms with Crippen LogP contribution in [-0.4, -0.2) is 17.9 Å². The van der Waals surface area contributed by atoms with Gasteiger partial charge in [-0.2, -0.15) is 0 Å². The molecule has 6 heteroatoms. The van der Waals surface area contributed by atoms with Crippen LogP contribution in [0, 0.1) is 0 Å². The quantitative estimate of drug-likeness (QED) is 0.555. The average Bonchev–Trinajstić information content (AvgIpc) is 2.70. The molecule has 0 aliphatic carbocycles. The van der Waals surface area contributed by atoms with Crippen molar-refractivity contribution in [2.45, 2.75) is 20.0 Å². The van der Waals surface area contributed by atoms with Gasteiger partial charge in [-0.3, -0.25) is 9.59 Å². The molecule has 2 amide bonds. The van der Waals surface area contributed by atoms with Crippen LogP contribution >= 0.6 is 11.6 Å². The summed E-state index contributed by atoms with van der Waals surface area (Å²) in [7, 11) is 0. The Bertz CT molecular complexity index is 1020. The largest absolute Gasteiger partial charge is 0.490 e. The second-order valence-corrected chi connectivity index (χ2v) is 7.04. The molecule has 0 atom stereocenters. The van der Waals surface area contributed by atoms with Crippen LogP contribution in [0.4, 0.5) is 11.4 Å². The minimum Gasteiger partial charge on any atom is -0.490 e. The van der Waals surface area contributed by atoms with E-state index in [-0.39, 0.29) is 17.9 Å². The lowest BCUT2D eigenvalue weighted by molar-refractivity contribution is 0.101. The first-order chi connectivity index (χ1) is 13.9. The van der Waals surface area contributed by atoms with E-state index in [4.69, 9.17) is 16.3 Å². The van der Waals surface area contributed by atoms with Crippen molar-refractivity contribution < 1.29 is 14.3 Å². The molecular formula is C23H21ClN2O3. The molecule has 5 nitrogen and oxygen atoms in total. The van der Waals surface area contributed by atoms with E-state index in [2.05, 4.69) is 10.6 Å². The lowest BCUT2D eigenvalue weighted by Crippen LogP contribution is -2.17. The van der Waals surface area contributed by atoms with E-state index in [9.17, 15) is 9.59 Å². The number of hydrogen-bond acceptors (Lipinski definition) is 3. The molecule has 0 saturated heterocycles. The smallest absolute Gasteiger partial charge is 0.259 e. The maximum absolute atomic E-state index is 12.8. The van der Waals surface area contributed by atoms with Gasteiger partial charge in [-0.05, 0) is 56.3 Å². The van der Waals surface area contributed by atoms with Crippen molar-refractivity contribution in [2.24, 2.45) is 0 Å². The third kappa shape index (κ3) is 5.36. The summed E-state index contributed by atoms with van der Waals surface area (Å²) < 4.78 is 5.70. The third-order valence-corrected chi connectivity index (χ3v) is 4.33. The van der Waals surface area contributed by atoms with Crippen molar-refractivity contribution in [2.75, 3.05) is 10.6 Å². The highest BCUT2D eigenvalue weighted by atomic mass is 35.5. The lowest BCUT2D eigenvalue weighted by atomic mass is 10.1. The number of carbonyl (C=O) groups excluding carboxylic acids is 2. The molecule has 3 aromatic carbocycles. The summed E-state index contributed by atoms with van der Waals surface area (Å²) in [5, 5.41) is 5.90. The van der Waals surface area contributed by atoms with Crippen LogP contribution in [-0.2, 0) is 0 Å². The zero-order valence-corrected chi connectivity index (χ0v) is 16.9. The molecule has 0 saturated carbocycles. The van der Waals surface area contributed by atoms with E-state index in [0.29, 0.717) is 33.3 Å². The Morgan fingerprint density at radius 2 is 1.55 bits per heavy atom. The Kier molecular flexibility index (Phi) is 6.52. The van der Waals surface area contributed by atoms with Gasteiger partial charge in [-0.25, -0.2) is 0 Å². The minimum atomic E-state index is -0.372. The van der Waals surface area contributed by atoms with Crippen molar-refractivity contribution in [3.63, 3.8) is 0 Å². The zero-order chi connectivity index (χ0) is 20.8. The Morgan fingerprint density at radius 3 is 2.28 bits per heavy atom. The first-order valence-corrected chi connectivity index (χ1v) is 9.55. The molecule has 0 aromatic heterocycles. The van der Waals surface area contributed by atoms with Crippen molar-refractivity contribution in [3.8, 4) is 5.75 Å². The SMILES string of the molecule is CC(C)Oc1ccccc1C(=O)Nc1cc(C(=O)Nc2ccccc2)ccc1Cl. The third-order valence-electron chi connectivity index (χ3n) is 4.00. The molecule has 148 valence electrons. The standard InChI is InChI=1S/C23H21ClN2O3/c1-15(2)29-21-11-7-6-10-18(21)23(28)26-20-14-16(12-13-19(20)24)22(27)25-17-8-4-3-5-9-17/h3-15H,1-2H3,(H,25,27)(H,26,28). The molecule has 2 N–H and O–H groups in total. The first-order valence-electron chi connectivity index (χ1n) is 9.17. The Balaban J connectivity index is 1.80. The number of nitrogens with one attached hydrogen (secondary N) is 2. The minimum absolute atomic E-state index is 0.0717. The number of ether oxygens (including phenoxy) is 1. The van der Waals surface area contributed by atoms with Gasteiger partial charge in [0.05, 0.1) is 22.4 Å². The van der Waals surface area contributed by atoms with E-state index >= 15 is 0 Å². The molecule has 0 spiro atoms. The van der Waals surface area contributed by atoms with Crippen LogP contribution in [0.15, 0.2) is 72.8 Å². The van der Waals surface area contributed by atoms with Gasteiger partial charge < -0.3 is 15.4 Å². The molecule has 0 aliphatic rings. The molecule has 3 aromatic rings. The number of halogens is 1. The fourth-order valence-corrected chi connectivity index (χ4v) is 2.85. The normalized spacial score (nSPS) is 10.5. The van der Waals surface area contributed by atoms with Gasteiger partial charge in [0.1, 0.15) is 5.75 Å². The molecular weight excluding hydrogens is 388 g/mol. The van der Waals surface area contributed by atoms with Gasteiger partial charge in [0.15, 0.2) is 0 Å². The predicted octanol–water partition coefficient (Wildman–Crippen LogP) is 5.63. The maximum atomic E-state index is 12.8. The first kappa shape index (κ1) is 20.4. The van der Waals surface area contributed by atoms with Gasteiger partial charge in [0.2, 0.25) is 0 Å².